The monoisotopic (exact) mass is 160 g/mol. The third-order valence-electron chi connectivity index (χ3n) is 2.14. The van der Waals surface area contributed by atoms with Crippen LogP contribution in [0, 0.1) is 0 Å². The standard InChI is InChI=1S/C7H12O4/c1-7(11)3-2-4(8)5(9)6(7)10/h5-6,9-11H,2-3H2,1H3. The minimum atomic E-state index is -1.42. The zero-order valence-corrected chi connectivity index (χ0v) is 6.32. The lowest BCUT2D eigenvalue weighted by Gasteiger charge is -2.35. The zero-order chi connectivity index (χ0) is 8.65. The number of aliphatic hydroxyl groups is 3. The Labute approximate surface area is 64.5 Å². The molecule has 1 fully saturated rings. The van der Waals surface area contributed by atoms with Crippen molar-refractivity contribution in [3.8, 4) is 0 Å². The van der Waals surface area contributed by atoms with Gasteiger partial charge < -0.3 is 15.3 Å². The zero-order valence-electron chi connectivity index (χ0n) is 6.32. The van der Waals surface area contributed by atoms with E-state index in [-0.39, 0.29) is 12.8 Å². The first-order valence-electron chi connectivity index (χ1n) is 3.56. The van der Waals surface area contributed by atoms with Crippen LogP contribution in [0.2, 0.25) is 0 Å². The molecule has 0 spiro atoms. The largest absolute Gasteiger partial charge is 0.387 e. The van der Waals surface area contributed by atoms with Crippen LogP contribution in [0.5, 0.6) is 0 Å². The quantitative estimate of drug-likeness (QED) is 0.417. The molecule has 0 saturated heterocycles. The van der Waals surface area contributed by atoms with Gasteiger partial charge in [-0.15, -0.1) is 0 Å². The third-order valence-corrected chi connectivity index (χ3v) is 2.14. The lowest BCUT2D eigenvalue weighted by Crippen LogP contribution is -2.54. The van der Waals surface area contributed by atoms with Crippen LogP contribution in [0.4, 0.5) is 0 Å². The number of hydrogen-bond acceptors (Lipinski definition) is 4. The minimum Gasteiger partial charge on any atom is -0.387 e. The molecular weight excluding hydrogens is 148 g/mol. The molecule has 0 aromatic carbocycles. The van der Waals surface area contributed by atoms with Crippen LogP contribution in [0.25, 0.3) is 0 Å². The Kier molecular flexibility index (Phi) is 2.00. The second-order valence-corrected chi connectivity index (χ2v) is 3.21. The van der Waals surface area contributed by atoms with E-state index in [0.717, 1.165) is 0 Å². The summed E-state index contributed by atoms with van der Waals surface area (Å²) in [5, 5.41) is 27.5. The van der Waals surface area contributed by atoms with Gasteiger partial charge in [-0.05, 0) is 13.3 Å². The SMILES string of the molecule is CC1(O)CCC(=O)C(O)C1O. The molecule has 4 nitrogen and oxygen atoms in total. The lowest BCUT2D eigenvalue weighted by molar-refractivity contribution is -0.163. The van der Waals surface area contributed by atoms with E-state index in [4.69, 9.17) is 10.2 Å². The number of hydrogen-bond donors (Lipinski definition) is 3. The van der Waals surface area contributed by atoms with E-state index in [1.54, 1.807) is 0 Å². The number of carbonyl (C=O) groups excluding carboxylic acids is 1. The molecule has 0 bridgehead atoms. The third kappa shape index (κ3) is 1.42. The number of carbonyl (C=O) groups is 1. The van der Waals surface area contributed by atoms with Crippen molar-refractivity contribution in [1.29, 1.82) is 0 Å². The number of rotatable bonds is 0. The van der Waals surface area contributed by atoms with Crippen LogP contribution in [0.1, 0.15) is 19.8 Å². The summed E-state index contributed by atoms with van der Waals surface area (Å²) in [6.45, 7) is 1.41. The summed E-state index contributed by atoms with van der Waals surface area (Å²) in [6.07, 6.45) is -2.42. The summed E-state index contributed by atoms with van der Waals surface area (Å²) in [4.78, 5) is 10.8. The first-order valence-corrected chi connectivity index (χ1v) is 3.56. The van der Waals surface area contributed by atoms with Gasteiger partial charge in [0.05, 0.1) is 5.60 Å². The Hall–Kier alpha value is -0.450. The molecule has 0 radical (unpaired) electrons. The fraction of sp³-hybridized carbons (Fsp3) is 0.857. The van der Waals surface area contributed by atoms with Gasteiger partial charge in [-0.2, -0.15) is 0 Å². The minimum absolute atomic E-state index is 0.130. The second-order valence-electron chi connectivity index (χ2n) is 3.21. The molecule has 4 heteroatoms. The van der Waals surface area contributed by atoms with Crippen molar-refractivity contribution in [2.75, 3.05) is 0 Å². The van der Waals surface area contributed by atoms with Gasteiger partial charge in [-0.1, -0.05) is 0 Å². The van der Waals surface area contributed by atoms with Gasteiger partial charge in [0.15, 0.2) is 5.78 Å². The van der Waals surface area contributed by atoms with Crippen molar-refractivity contribution in [3.05, 3.63) is 0 Å². The normalized spacial score (nSPS) is 46.0. The smallest absolute Gasteiger partial charge is 0.164 e. The van der Waals surface area contributed by atoms with Gasteiger partial charge in [0.1, 0.15) is 12.2 Å². The topological polar surface area (TPSA) is 77.8 Å². The van der Waals surface area contributed by atoms with Crippen molar-refractivity contribution in [3.63, 3.8) is 0 Å². The molecule has 0 aromatic heterocycles. The first-order chi connectivity index (χ1) is 4.95. The van der Waals surface area contributed by atoms with Gasteiger partial charge in [0.2, 0.25) is 0 Å². The Morgan fingerprint density at radius 1 is 1.55 bits per heavy atom. The highest BCUT2D eigenvalue weighted by Gasteiger charge is 2.43. The molecule has 0 amide bonds. The number of Topliss-reactive ketones (excluding diaryl/α,β-unsaturated/α-hetero) is 1. The van der Waals surface area contributed by atoms with E-state index >= 15 is 0 Å². The van der Waals surface area contributed by atoms with E-state index < -0.39 is 23.6 Å². The molecule has 0 aliphatic heterocycles. The van der Waals surface area contributed by atoms with E-state index in [1.807, 2.05) is 0 Å². The fourth-order valence-electron chi connectivity index (χ4n) is 1.19. The molecule has 3 N–H and O–H groups in total. The Morgan fingerprint density at radius 2 is 2.09 bits per heavy atom. The summed E-state index contributed by atoms with van der Waals surface area (Å²) in [7, 11) is 0. The van der Waals surface area contributed by atoms with Gasteiger partial charge in [-0.25, -0.2) is 0 Å². The van der Waals surface area contributed by atoms with Crippen LogP contribution in [0.15, 0.2) is 0 Å². The molecule has 0 heterocycles. The summed E-state index contributed by atoms with van der Waals surface area (Å²) in [6, 6.07) is 0. The average molecular weight is 160 g/mol. The summed E-state index contributed by atoms with van der Waals surface area (Å²) in [5.74, 6) is -0.399. The Balaban J connectivity index is 2.75. The van der Waals surface area contributed by atoms with E-state index in [2.05, 4.69) is 0 Å². The lowest BCUT2D eigenvalue weighted by atomic mass is 9.81. The maximum Gasteiger partial charge on any atom is 0.164 e. The van der Waals surface area contributed by atoms with Crippen molar-refractivity contribution < 1.29 is 20.1 Å². The summed E-state index contributed by atoms with van der Waals surface area (Å²) >= 11 is 0. The highest BCUT2D eigenvalue weighted by atomic mass is 16.4. The van der Waals surface area contributed by atoms with Crippen molar-refractivity contribution in [1.82, 2.24) is 0 Å². The van der Waals surface area contributed by atoms with Crippen molar-refractivity contribution in [2.45, 2.75) is 37.6 Å². The highest BCUT2D eigenvalue weighted by Crippen LogP contribution is 2.25. The molecule has 3 unspecified atom stereocenters. The fourth-order valence-corrected chi connectivity index (χ4v) is 1.19. The predicted molar refractivity (Wildman–Crippen MR) is 36.9 cm³/mol. The molecule has 1 aliphatic rings. The molecule has 64 valence electrons. The molecule has 1 saturated carbocycles. The highest BCUT2D eigenvalue weighted by molar-refractivity contribution is 5.84. The molecule has 11 heavy (non-hydrogen) atoms. The maximum absolute atomic E-state index is 10.8. The maximum atomic E-state index is 10.8. The van der Waals surface area contributed by atoms with E-state index in [0.29, 0.717) is 0 Å². The van der Waals surface area contributed by atoms with Crippen molar-refractivity contribution >= 4 is 5.78 Å². The van der Waals surface area contributed by atoms with Gasteiger partial charge >= 0.3 is 0 Å². The van der Waals surface area contributed by atoms with Gasteiger partial charge in [0.25, 0.3) is 0 Å². The van der Waals surface area contributed by atoms with Gasteiger partial charge in [-0.3, -0.25) is 4.79 Å². The summed E-state index contributed by atoms with van der Waals surface area (Å²) < 4.78 is 0. The second kappa shape index (κ2) is 2.55. The molecule has 1 rings (SSSR count). The predicted octanol–water partition coefficient (Wildman–Crippen LogP) is -1.18. The Morgan fingerprint density at radius 3 is 2.55 bits per heavy atom. The van der Waals surface area contributed by atoms with Crippen LogP contribution >= 0.6 is 0 Å². The van der Waals surface area contributed by atoms with Crippen LogP contribution in [0.3, 0.4) is 0 Å². The molecule has 0 aromatic rings. The number of ketones is 1. The average Bonchev–Trinajstić information content (AvgIpc) is 1.95. The van der Waals surface area contributed by atoms with Crippen molar-refractivity contribution in [2.24, 2.45) is 0 Å². The van der Waals surface area contributed by atoms with E-state index in [9.17, 15) is 9.90 Å². The van der Waals surface area contributed by atoms with Crippen LogP contribution in [-0.4, -0.2) is 38.9 Å². The van der Waals surface area contributed by atoms with Crippen LogP contribution in [-0.2, 0) is 4.79 Å². The Bertz CT molecular complexity index is 175. The van der Waals surface area contributed by atoms with E-state index in [1.165, 1.54) is 6.92 Å². The van der Waals surface area contributed by atoms with Crippen LogP contribution < -0.4 is 0 Å². The molecular formula is C7H12O4. The first kappa shape index (κ1) is 8.64. The number of aliphatic hydroxyl groups excluding tert-OH is 2. The molecule has 3 atom stereocenters. The molecule has 1 aliphatic carbocycles. The summed E-state index contributed by atoms with van der Waals surface area (Å²) in [5.41, 5.74) is -1.33. The van der Waals surface area contributed by atoms with Gasteiger partial charge in [0, 0.05) is 6.42 Å².